The van der Waals surface area contributed by atoms with Crippen molar-refractivity contribution in [2.75, 3.05) is 0 Å². The van der Waals surface area contributed by atoms with Gasteiger partial charge in [-0.05, 0) is 39.2 Å². The molecule has 0 spiro atoms. The molecular weight excluding hydrogens is 302 g/mol. The van der Waals surface area contributed by atoms with Crippen LogP contribution in [0.4, 0.5) is 0 Å². The molecule has 0 N–H and O–H groups in total. The van der Waals surface area contributed by atoms with Crippen LogP contribution in [-0.4, -0.2) is 23.6 Å². The number of carbonyl (C=O) groups is 2. The summed E-state index contributed by atoms with van der Waals surface area (Å²) in [7, 11) is 0. The first kappa shape index (κ1) is 16.6. The maximum absolute atomic E-state index is 12.7. The first-order valence-corrected chi connectivity index (χ1v) is 8.56. The quantitative estimate of drug-likeness (QED) is 0.794. The normalized spacial score (nSPS) is 23.8. The van der Waals surface area contributed by atoms with Gasteiger partial charge < -0.3 is 4.74 Å². The SMILES string of the molecule is CC1=NC2=C(C(=O)CCC2)[C@@H](c2ccccc2)C1C(=O)OC(C)C. The number of ketones is 1. The number of rotatable bonds is 3. The Morgan fingerprint density at radius 1 is 1.21 bits per heavy atom. The molecule has 0 amide bonds. The first-order chi connectivity index (χ1) is 11.5. The molecule has 1 aromatic rings. The average molecular weight is 325 g/mol. The number of hydrogen-bond acceptors (Lipinski definition) is 4. The lowest BCUT2D eigenvalue weighted by Gasteiger charge is -2.34. The number of aliphatic imine (C=N–C) groups is 1. The highest BCUT2D eigenvalue weighted by Gasteiger charge is 2.43. The summed E-state index contributed by atoms with van der Waals surface area (Å²) in [6.07, 6.45) is 1.96. The van der Waals surface area contributed by atoms with Crippen LogP contribution in [0, 0.1) is 5.92 Å². The van der Waals surface area contributed by atoms with Crippen molar-refractivity contribution in [3.05, 3.63) is 47.2 Å². The number of benzene rings is 1. The molecule has 0 saturated heterocycles. The van der Waals surface area contributed by atoms with Gasteiger partial charge in [0.15, 0.2) is 5.78 Å². The lowest BCUT2D eigenvalue weighted by molar-refractivity contribution is -0.150. The van der Waals surface area contributed by atoms with E-state index in [0.717, 1.165) is 29.8 Å². The Kier molecular flexibility index (Phi) is 4.65. The molecule has 1 aromatic carbocycles. The van der Waals surface area contributed by atoms with Crippen LogP contribution in [0.15, 0.2) is 46.6 Å². The summed E-state index contributed by atoms with van der Waals surface area (Å²) in [4.78, 5) is 30.0. The van der Waals surface area contributed by atoms with Crippen LogP contribution in [0.2, 0.25) is 0 Å². The fourth-order valence-electron chi connectivity index (χ4n) is 3.64. The van der Waals surface area contributed by atoms with E-state index in [-0.39, 0.29) is 23.8 Å². The number of hydrogen-bond donors (Lipinski definition) is 0. The summed E-state index contributed by atoms with van der Waals surface area (Å²) in [5, 5.41) is 0. The molecule has 126 valence electrons. The fourth-order valence-corrected chi connectivity index (χ4v) is 3.64. The Labute approximate surface area is 142 Å². The Bertz CT molecular complexity index is 716. The smallest absolute Gasteiger partial charge is 0.315 e. The zero-order valence-corrected chi connectivity index (χ0v) is 14.4. The lowest BCUT2D eigenvalue weighted by atomic mass is 9.72. The van der Waals surface area contributed by atoms with E-state index in [9.17, 15) is 9.59 Å². The van der Waals surface area contributed by atoms with E-state index in [1.54, 1.807) is 0 Å². The van der Waals surface area contributed by atoms with Crippen LogP contribution in [-0.2, 0) is 14.3 Å². The third kappa shape index (κ3) is 3.05. The molecule has 1 aliphatic carbocycles. The number of esters is 1. The molecule has 1 aliphatic heterocycles. The molecule has 0 saturated carbocycles. The summed E-state index contributed by atoms with van der Waals surface area (Å²) in [5.74, 6) is -1.01. The summed E-state index contributed by atoms with van der Waals surface area (Å²) in [6, 6.07) is 9.77. The average Bonchev–Trinajstić information content (AvgIpc) is 2.53. The van der Waals surface area contributed by atoms with Crippen molar-refractivity contribution >= 4 is 17.5 Å². The van der Waals surface area contributed by atoms with E-state index in [0.29, 0.717) is 12.0 Å². The molecule has 0 radical (unpaired) electrons. The van der Waals surface area contributed by atoms with E-state index in [4.69, 9.17) is 4.74 Å². The predicted molar refractivity (Wildman–Crippen MR) is 92.9 cm³/mol. The number of carbonyl (C=O) groups excluding carboxylic acids is 2. The van der Waals surface area contributed by atoms with Gasteiger partial charge in [0.1, 0.15) is 5.92 Å². The van der Waals surface area contributed by atoms with Crippen LogP contribution < -0.4 is 0 Å². The molecule has 3 rings (SSSR count). The highest BCUT2D eigenvalue weighted by molar-refractivity contribution is 6.08. The Morgan fingerprint density at radius 3 is 2.58 bits per heavy atom. The second-order valence-corrected chi connectivity index (χ2v) is 6.74. The van der Waals surface area contributed by atoms with Crippen LogP contribution >= 0.6 is 0 Å². The minimum absolute atomic E-state index is 0.115. The maximum atomic E-state index is 12.7. The van der Waals surface area contributed by atoms with Crippen molar-refractivity contribution in [3.8, 4) is 0 Å². The lowest BCUT2D eigenvalue weighted by Crippen LogP contribution is -2.38. The minimum atomic E-state index is -0.532. The van der Waals surface area contributed by atoms with Gasteiger partial charge in [-0.3, -0.25) is 14.6 Å². The molecule has 0 fully saturated rings. The molecule has 0 bridgehead atoms. The van der Waals surface area contributed by atoms with Crippen molar-refractivity contribution in [2.45, 2.75) is 52.1 Å². The molecule has 1 heterocycles. The Morgan fingerprint density at radius 2 is 1.92 bits per heavy atom. The van der Waals surface area contributed by atoms with Gasteiger partial charge in [0, 0.05) is 29.3 Å². The van der Waals surface area contributed by atoms with Gasteiger partial charge in [0.2, 0.25) is 0 Å². The second kappa shape index (κ2) is 6.71. The Hall–Kier alpha value is -2.23. The van der Waals surface area contributed by atoms with E-state index >= 15 is 0 Å². The third-order valence-electron chi connectivity index (χ3n) is 4.60. The topological polar surface area (TPSA) is 55.7 Å². The van der Waals surface area contributed by atoms with Crippen molar-refractivity contribution in [3.63, 3.8) is 0 Å². The maximum Gasteiger partial charge on any atom is 0.315 e. The van der Waals surface area contributed by atoms with Crippen LogP contribution in [0.1, 0.15) is 51.5 Å². The standard InChI is InChI=1S/C20H23NO3/c1-12(2)24-20(23)17-13(3)21-15-10-7-11-16(22)19(15)18(17)14-8-5-4-6-9-14/h4-6,8-9,12,17-18H,7,10-11H2,1-3H3/t17?,18-/m0/s1. The van der Waals surface area contributed by atoms with Gasteiger partial charge in [-0.25, -0.2) is 0 Å². The molecule has 2 atom stereocenters. The fraction of sp³-hybridized carbons (Fsp3) is 0.450. The number of Topliss-reactive ketones (excluding diaryl/α,β-unsaturated/α-hetero) is 1. The molecular formula is C20H23NO3. The van der Waals surface area contributed by atoms with Gasteiger partial charge in [-0.1, -0.05) is 30.3 Å². The molecule has 0 aromatic heterocycles. The first-order valence-electron chi connectivity index (χ1n) is 8.56. The predicted octanol–water partition coefficient (Wildman–Crippen LogP) is 3.82. The van der Waals surface area contributed by atoms with Crippen molar-refractivity contribution in [1.29, 1.82) is 0 Å². The molecule has 1 unspecified atom stereocenters. The molecule has 4 nitrogen and oxygen atoms in total. The highest BCUT2D eigenvalue weighted by Crippen LogP contribution is 2.43. The number of nitrogens with zero attached hydrogens (tertiary/aromatic N) is 1. The zero-order chi connectivity index (χ0) is 17.3. The summed E-state index contributed by atoms with van der Waals surface area (Å²) in [6.45, 7) is 5.54. The van der Waals surface area contributed by atoms with Crippen molar-refractivity contribution in [2.24, 2.45) is 10.9 Å². The Balaban J connectivity index is 2.11. The van der Waals surface area contributed by atoms with E-state index < -0.39 is 5.92 Å². The van der Waals surface area contributed by atoms with Crippen LogP contribution in [0.5, 0.6) is 0 Å². The minimum Gasteiger partial charge on any atom is -0.462 e. The second-order valence-electron chi connectivity index (χ2n) is 6.74. The zero-order valence-electron chi connectivity index (χ0n) is 14.4. The van der Waals surface area contributed by atoms with Gasteiger partial charge in [0.05, 0.1) is 6.10 Å². The van der Waals surface area contributed by atoms with Crippen LogP contribution in [0.25, 0.3) is 0 Å². The van der Waals surface area contributed by atoms with Gasteiger partial charge in [0.25, 0.3) is 0 Å². The highest BCUT2D eigenvalue weighted by atomic mass is 16.5. The van der Waals surface area contributed by atoms with Gasteiger partial charge in [-0.15, -0.1) is 0 Å². The number of allylic oxidation sites excluding steroid dienone is 2. The van der Waals surface area contributed by atoms with Crippen molar-refractivity contribution < 1.29 is 14.3 Å². The molecule has 4 heteroatoms. The summed E-state index contributed by atoms with van der Waals surface area (Å²) >= 11 is 0. The van der Waals surface area contributed by atoms with Gasteiger partial charge >= 0.3 is 5.97 Å². The third-order valence-corrected chi connectivity index (χ3v) is 4.60. The van der Waals surface area contributed by atoms with Gasteiger partial charge in [-0.2, -0.15) is 0 Å². The molecule has 24 heavy (non-hydrogen) atoms. The van der Waals surface area contributed by atoms with E-state index in [1.165, 1.54) is 0 Å². The van der Waals surface area contributed by atoms with E-state index in [1.807, 2.05) is 51.1 Å². The van der Waals surface area contributed by atoms with E-state index in [2.05, 4.69) is 4.99 Å². The number of ether oxygens (including phenoxy) is 1. The van der Waals surface area contributed by atoms with Crippen LogP contribution in [0.3, 0.4) is 0 Å². The largest absolute Gasteiger partial charge is 0.462 e. The summed E-state index contributed by atoms with van der Waals surface area (Å²) < 4.78 is 5.47. The van der Waals surface area contributed by atoms with Crippen molar-refractivity contribution in [1.82, 2.24) is 0 Å². The summed E-state index contributed by atoms with van der Waals surface area (Å²) in [5.41, 5.74) is 3.28. The molecule has 2 aliphatic rings. The monoisotopic (exact) mass is 325 g/mol.